The fraction of sp³-hybridized carbons (Fsp3) is 0.667. The molecule has 86 valence electrons. The van der Waals surface area contributed by atoms with E-state index in [-0.39, 0.29) is 6.61 Å². The van der Waals surface area contributed by atoms with Crippen molar-refractivity contribution in [3.8, 4) is 0 Å². The Morgan fingerprint density at radius 2 is 2.40 bits per heavy atom. The van der Waals surface area contributed by atoms with Crippen LogP contribution in [0.1, 0.15) is 18.2 Å². The Morgan fingerprint density at radius 1 is 1.60 bits per heavy atom. The number of hydrogen-bond donors (Lipinski definition) is 3. The quantitative estimate of drug-likeness (QED) is 0.473. The predicted octanol–water partition coefficient (Wildman–Crippen LogP) is 0.633. The summed E-state index contributed by atoms with van der Waals surface area (Å²) >= 11 is 1.54. The molecule has 0 aromatic carbocycles. The van der Waals surface area contributed by atoms with Crippen LogP contribution in [0.3, 0.4) is 0 Å². The van der Waals surface area contributed by atoms with Crippen LogP contribution in [0.4, 0.5) is 5.13 Å². The van der Waals surface area contributed by atoms with Gasteiger partial charge < -0.3 is 5.11 Å². The number of hydrogen-bond acceptors (Lipinski definition) is 6. The van der Waals surface area contributed by atoms with Gasteiger partial charge in [0.05, 0.1) is 6.61 Å². The number of nitrogens with two attached hydrogens (primary N) is 1. The highest BCUT2D eigenvalue weighted by molar-refractivity contribution is 7.15. The van der Waals surface area contributed by atoms with Crippen LogP contribution in [0, 0.1) is 0 Å². The Balaban J connectivity index is 2.48. The average molecular weight is 230 g/mol. The van der Waals surface area contributed by atoms with Crippen molar-refractivity contribution >= 4 is 16.5 Å². The summed E-state index contributed by atoms with van der Waals surface area (Å²) in [6, 6.07) is 0. The number of thiazole rings is 1. The second kappa shape index (κ2) is 6.73. The monoisotopic (exact) mass is 230 g/mol. The van der Waals surface area contributed by atoms with E-state index in [0.717, 1.165) is 29.5 Å². The molecule has 0 aliphatic heterocycles. The van der Waals surface area contributed by atoms with Gasteiger partial charge in [-0.15, -0.1) is 0 Å². The van der Waals surface area contributed by atoms with Crippen molar-refractivity contribution in [1.82, 2.24) is 9.88 Å². The first kappa shape index (κ1) is 12.4. The minimum Gasteiger partial charge on any atom is -0.395 e. The van der Waals surface area contributed by atoms with Gasteiger partial charge in [0, 0.05) is 24.2 Å². The van der Waals surface area contributed by atoms with E-state index in [1.165, 1.54) is 0 Å². The van der Waals surface area contributed by atoms with E-state index in [4.69, 9.17) is 10.9 Å². The van der Waals surface area contributed by atoms with Crippen LogP contribution in [0.15, 0.2) is 6.20 Å². The van der Waals surface area contributed by atoms with E-state index < -0.39 is 0 Å². The molecule has 0 saturated carbocycles. The van der Waals surface area contributed by atoms with Gasteiger partial charge >= 0.3 is 0 Å². The summed E-state index contributed by atoms with van der Waals surface area (Å²) in [5.41, 5.74) is 2.52. The van der Waals surface area contributed by atoms with Crippen molar-refractivity contribution in [2.75, 3.05) is 25.1 Å². The SMILES string of the molecule is CCCN(CCO)Cc1cnc(NN)s1. The lowest BCUT2D eigenvalue weighted by molar-refractivity contribution is 0.191. The van der Waals surface area contributed by atoms with Gasteiger partial charge in [-0.2, -0.15) is 0 Å². The van der Waals surface area contributed by atoms with Crippen molar-refractivity contribution in [2.45, 2.75) is 19.9 Å². The topological polar surface area (TPSA) is 74.4 Å². The summed E-state index contributed by atoms with van der Waals surface area (Å²) in [5.74, 6) is 5.26. The van der Waals surface area contributed by atoms with Gasteiger partial charge in [0.1, 0.15) is 0 Å². The number of hydrazine groups is 1. The van der Waals surface area contributed by atoms with Crippen molar-refractivity contribution in [3.63, 3.8) is 0 Å². The second-order valence-electron chi connectivity index (χ2n) is 3.28. The summed E-state index contributed by atoms with van der Waals surface area (Å²) < 4.78 is 0. The van der Waals surface area contributed by atoms with Crippen LogP contribution >= 0.6 is 11.3 Å². The molecule has 1 aromatic heterocycles. The Kier molecular flexibility index (Phi) is 5.56. The molecule has 1 heterocycles. The standard InChI is InChI=1S/C9H18N4OS/c1-2-3-13(4-5-14)7-8-6-11-9(12-10)15-8/h6,14H,2-5,7,10H2,1H3,(H,11,12). The fourth-order valence-electron chi connectivity index (χ4n) is 1.40. The lowest BCUT2D eigenvalue weighted by Gasteiger charge is -2.18. The Morgan fingerprint density at radius 3 is 2.93 bits per heavy atom. The fourth-order valence-corrected chi connectivity index (χ4v) is 2.16. The molecular formula is C9H18N4OS. The predicted molar refractivity (Wildman–Crippen MR) is 62.6 cm³/mol. The third-order valence-electron chi connectivity index (χ3n) is 2.01. The van der Waals surface area contributed by atoms with Crippen LogP contribution < -0.4 is 11.3 Å². The highest BCUT2D eigenvalue weighted by Crippen LogP contribution is 2.18. The molecule has 0 amide bonds. The molecule has 0 fully saturated rings. The Hall–Kier alpha value is -0.690. The Labute approximate surface area is 93.9 Å². The van der Waals surface area contributed by atoms with E-state index in [1.54, 1.807) is 11.3 Å². The second-order valence-corrected chi connectivity index (χ2v) is 4.39. The zero-order chi connectivity index (χ0) is 11.1. The zero-order valence-electron chi connectivity index (χ0n) is 8.94. The molecule has 0 aliphatic rings. The lowest BCUT2D eigenvalue weighted by atomic mass is 10.4. The molecule has 0 unspecified atom stereocenters. The molecule has 1 rings (SSSR count). The van der Waals surface area contributed by atoms with Crippen molar-refractivity contribution in [2.24, 2.45) is 5.84 Å². The molecule has 0 spiro atoms. The van der Waals surface area contributed by atoms with Crippen molar-refractivity contribution in [1.29, 1.82) is 0 Å². The Bertz CT molecular complexity index is 273. The highest BCUT2D eigenvalue weighted by atomic mass is 32.1. The summed E-state index contributed by atoms with van der Waals surface area (Å²) in [5, 5.41) is 9.63. The minimum atomic E-state index is 0.195. The lowest BCUT2D eigenvalue weighted by Crippen LogP contribution is -2.26. The molecular weight excluding hydrogens is 212 g/mol. The normalized spacial score (nSPS) is 10.9. The third-order valence-corrected chi connectivity index (χ3v) is 2.93. The van der Waals surface area contributed by atoms with Gasteiger partial charge in [-0.25, -0.2) is 10.8 Å². The number of aromatic nitrogens is 1. The summed E-state index contributed by atoms with van der Waals surface area (Å²) in [4.78, 5) is 7.46. The first-order chi connectivity index (χ1) is 7.30. The number of rotatable bonds is 7. The number of aliphatic hydroxyl groups excluding tert-OH is 1. The summed E-state index contributed by atoms with van der Waals surface area (Å²) in [6.45, 7) is 4.85. The van der Waals surface area contributed by atoms with Crippen LogP contribution in [-0.2, 0) is 6.54 Å². The first-order valence-electron chi connectivity index (χ1n) is 5.04. The van der Waals surface area contributed by atoms with E-state index in [0.29, 0.717) is 6.54 Å². The molecule has 1 aromatic rings. The van der Waals surface area contributed by atoms with Crippen LogP contribution in [0.2, 0.25) is 0 Å². The molecule has 0 aliphatic carbocycles. The molecule has 0 saturated heterocycles. The maximum absolute atomic E-state index is 8.91. The van der Waals surface area contributed by atoms with Gasteiger partial charge in [0.25, 0.3) is 0 Å². The third kappa shape index (κ3) is 4.13. The number of nitrogens with one attached hydrogen (secondary N) is 1. The van der Waals surface area contributed by atoms with Gasteiger partial charge in [-0.05, 0) is 13.0 Å². The number of nitrogen functional groups attached to an aromatic ring is 1. The maximum Gasteiger partial charge on any atom is 0.197 e. The van der Waals surface area contributed by atoms with E-state index in [1.807, 2.05) is 6.20 Å². The zero-order valence-corrected chi connectivity index (χ0v) is 9.76. The van der Waals surface area contributed by atoms with Gasteiger partial charge in [-0.3, -0.25) is 10.3 Å². The molecule has 0 atom stereocenters. The number of anilines is 1. The van der Waals surface area contributed by atoms with Gasteiger partial charge in [0.2, 0.25) is 0 Å². The van der Waals surface area contributed by atoms with Crippen LogP contribution in [0.5, 0.6) is 0 Å². The maximum atomic E-state index is 8.91. The first-order valence-corrected chi connectivity index (χ1v) is 5.86. The molecule has 15 heavy (non-hydrogen) atoms. The highest BCUT2D eigenvalue weighted by Gasteiger charge is 2.07. The molecule has 0 bridgehead atoms. The van der Waals surface area contributed by atoms with E-state index >= 15 is 0 Å². The van der Waals surface area contributed by atoms with Crippen molar-refractivity contribution < 1.29 is 5.11 Å². The summed E-state index contributed by atoms with van der Waals surface area (Å²) in [6.07, 6.45) is 2.90. The van der Waals surface area contributed by atoms with Crippen LogP contribution in [0.25, 0.3) is 0 Å². The van der Waals surface area contributed by atoms with Gasteiger partial charge in [-0.1, -0.05) is 18.3 Å². The largest absolute Gasteiger partial charge is 0.395 e. The molecule has 5 nitrogen and oxygen atoms in total. The van der Waals surface area contributed by atoms with Gasteiger partial charge in [0.15, 0.2) is 5.13 Å². The van der Waals surface area contributed by atoms with Crippen molar-refractivity contribution in [3.05, 3.63) is 11.1 Å². The number of aliphatic hydroxyl groups is 1. The smallest absolute Gasteiger partial charge is 0.197 e. The molecule has 0 radical (unpaired) electrons. The van der Waals surface area contributed by atoms with E-state index in [2.05, 4.69) is 22.2 Å². The molecule has 6 heteroatoms. The summed E-state index contributed by atoms with van der Waals surface area (Å²) in [7, 11) is 0. The number of nitrogens with zero attached hydrogens (tertiary/aromatic N) is 2. The minimum absolute atomic E-state index is 0.195. The average Bonchev–Trinajstić information content (AvgIpc) is 2.66. The van der Waals surface area contributed by atoms with Crippen LogP contribution in [-0.4, -0.2) is 34.7 Å². The van der Waals surface area contributed by atoms with E-state index in [9.17, 15) is 0 Å². The molecule has 4 N–H and O–H groups in total.